The van der Waals surface area contributed by atoms with Gasteiger partial charge >= 0.3 is 5.97 Å². The number of aliphatic hydroxyl groups excluding tert-OH is 1. The fourth-order valence-electron chi connectivity index (χ4n) is 2.83. The number of amides is 1. The van der Waals surface area contributed by atoms with E-state index >= 15 is 0 Å². The molecule has 4 heterocycles. The highest BCUT2D eigenvalue weighted by atomic mass is 32.2. The van der Waals surface area contributed by atoms with E-state index in [0.29, 0.717) is 10.7 Å². The lowest BCUT2D eigenvalue weighted by molar-refractivity contribution is -0.153. The fourth-order valence-corrected chi connectivity index (χ4v) is 4.30. The van der Waals surface area contributed by atoms with Crippen LogP contribution in [0.3, 0.4) is 0 Å². The number of thioether (sulfide) groups is 1. The van der Waals surface area contributed by atoms with E-state index in [1.54, 1.807) is 23.0 Å². The van der Waals surface area contributed by atoms with E-state index in [0.717, 1.165) is 5.39 Å². The molecule has 0 radical (unpaired) electrons. The first-order valence-electron chi connectivity index (χ1n) is 6.64. The number of aromatic nitrogens is 2. The van der Waals surface area contributed by atoms with Gasteiger partial charge in [-0.05, 0) is 18.2 Å². The van der Waals surface area contributed by atoms with Crippen LogP contribution in [0.1, 0.15) is 0 Å². The maximum Gasteiger partial charge on any atom is 0.355 e. The average Bonchev–Trinajstić information content (AvgIpc) is 3.06. The Balaban J connectivity index is 1.87. The van der Waals surface area contributed by atoms with Gasteiger partial charge < -0.3 is 10.2 Å². The molecule has 2 aromatic heterocycles. The number of hydrogen-bond donors (Lipinski definition) is 2. The summed E-state index contributed by atoms with van der Waals surface area (Å²) in [5, 5.41) is 19.7. The van der Waals surface area contributed by atoms with Crippen LogP contribution in [0.5, 0.6) is 0 Å². The Morgan fingerprint density at radius 1 is 1.41 bits per heavy atom. The third-order valence-electron chi connectivity index (χ3n) is 3.90. The van der Waals surface area contributed by atoms with Crippen LogP contribution < -0.4 is 0 Å². The molecule has 1 fully saturated rings. The number of pyridine rings is 1. The Kier molecular flexibility index (Phi) is 2.78. The number of carboxylic acid groups (broad SMARTS) is 1. The summed E-state index contributed by atoms with van der Waals surface area (Å²) in [6, 6.07) is 5.53. The summed E-state index contributed by atoms with van der Waals surface area (Å²) in [6.07, 6.45) is 3.38. The number of rotatable bonds is 3. The van der Waals surface area contributed by atoms with Crippen molar-refractivity contribution in [1.29, 1.82) is 0 Å². The molecule has 0 bridgehead atoms. The molecule has 7 nitrogen and oxygen atoms in total. The zero-order valence-electron chi connectivity index (χ0n) is 11.2. The molecule has 0 aromatic carbocycles. The van der Waals surface area contributed by atoms with Gasteiger partial charge in [-0.1, -0.05) is 11.8 Å². The Morgan fingerprint density at radius 3 is 2.95 bits per heavy atom. The number of fused-ring (bicyclic) bond motifs is 2. The number of carboxylic acids is 1. The Bertz CT molecular complexity index is 843. The van der Waals surface area contributed by atoms with E-state index in [-0.39, 0.29) is 23.6 Å². The molecule has 2 aliphatic rings. The van der Waals surface area contributed by atoms with Crippen LogP contribution in [0.15, 0.2) is 36.3 Å². The van der Waals surface area contributed by atoms with Gasteiger partial charge in [0.05, 0.1) is 12.5 Å². The number of aliphatic hydroxyl groups is 1. The van der Waals surface area contributed by atoms with Gasteiger partial charge in [-0.15, -0.1) is 0 Å². The molecular formula is C14H11N3O4S. The summed E-state index contributed by atoms with van der Waals surface area (Å²) < 4.78 is 1.68. The second-order valence-corrected chi connectivity index (χ2v) is 6.17. The number of β-lactam (4-membered cyclic amide) rings is 1. The van der Waals surface area contributed by atoms with Gasteiger partial charge in [0.25, 0.3) is 0 Å². The van der Waals surface area contributed by atoms with Gasteiger partial charge in [-0.25, -0.2) is 9.78 Å². The first kappa shape index (κ1) is 13.4. The monoisotopic (exact) mass is 317 g/mol. The van der Waals surface area contributed by atoms with Crippen molar-refractivity contribution in [2.45, 2.75) is 5.37 Å². The number of carbonyl (C=O) groups excluding carboxylic acids is 1. The van der Waals surface area contributed by atoms with Crippen LogP contribution >= 0.6 is 11.8 Å². The maximum absolute atomic E-state index is 12.0. The van der Waals surface area contributed by atoms with Gasteiger partial charge in [0.15, 0.2) is 5.70 Å². The molecule has 112 valence electrons. The summed E-state index contributed by atoms with van der Waals surface area (Å²) in [4.78, 5) is 29.1. The topological polar surface area (TPSA) is 95.7 Å². The van der Waals surface area contributed by atoms with Crippen molar-refractivity contribution in [3.8, 4) is 0 Å². The van der Waals surface area contributed by atoms with Crippen molar-refractivity contribution in [3.05, 3.63) is 36.3 Å². The van der Waals surface area contributed by atoms with E-state index in [2.05, 4.69) is 4.98 Å². The van der Waals surface area contributed by atoms with Gasteiger partial charge in [0.1, 0.15) is 16.1 Å². The lowest BCUT2D eigenvalue weighted by atomic mass is 9.98. The first-order chi connectivity index (χ1) is 10.6. The Hall–Kier alpha value is -2.32. The van der Waals surface area contributed by atoms with Crippen molar-refractivity contribution in [2.75, 3.05) is 6.61 Å². The van der Waals surface area contributed by atoms with Crippen LogP contribution in [0, 0.1) is 5.92 Å². The van der Waals surface area contributed by atoms with E-state index in [9.17, 15) is 19.8 Å². The third kappa shape index (κ3) is 1.59. The van der Waals surface area contributed by atoms with E-state index < -0.39 is 11.9 Å². The molecule has 2 atom stereocenters. The number of aliphatic carboxylic acids is 1. The summed E-state index contributed by atoms with van der Waals surface area (Å²) in [5.41, 5.74) is 0.590. The highest BCUT2D eigenvalue weighted by molar-refractivity contribution is 8.09. The third-order valence-corrected chi connectivity index (χ3v) is 5.29. The molecule has 0 spiro atoms. The second-order valence-electron chi connectivity index (χ2n) is 5.07. The lowest BCUT2D eigenvalue weighted by Gasteiger charge is -2.40. The minimum Gasteiger partial charge on any atom is -0.476 e. The highest BCUT2D eigenvalue weighted by Crippen LogP contribution is 2.51. The van der Waals surface area contributed by atoms with Gasteiger partial charge in [-0.2, -0.15) is 0 Å². The molecule has 22 heavy (non-hydrogen) atoms. The molecule has 2 aliphatic heterocycles. The zero-order chi connectivity index (χ0) is 15.4. The molecule has 2 aromatic rings. The molecular weight excluding hydrogens is 306 g/mol. The summed E-state index contributed by atoms with van der Waals surface area (Å²) in [7, 11) is 0. The van der Waals surface area contributed by atoms with Gasteiger partial charge in [0.2, 0.25) is 5.91 Å². The van der Waals surface area contributed by atoms with Crippen LogP contribution in [0.4, 0.5) is 0 Å². The number of hydrogen-bond acceptors (Lipinski definition) is 5. The lowest BCUT2D eigenvalue weighted by Crippen LogP contribution is -2.58. The Labute approximate surface area is 128 Å². The number of carbonyl (C=O) groups is 2. The van der Waals surface area contributed by atoms with E-state index in [4.69, 9.17) is 0 Å². The quantitative estimate of drug-likeness (QED) is 0.812. The predicted molar refractivity (Wildman–Crippen MR) is 79.4 cm³/mol. The molecule has 1 amide bonds. The van der Waals surface area contributed by atoms with Crippen molar-refractivity contribution in [3.63, 3.8) is 0 Å². The predicted octanol–water partition coefficient (Wildman–Crippen LogP) is 0.771. The largest absolute Gasteiger partial charge is 0.476 e. The Morgan fingerprint density at radius 2 is 2.23 bits per heavy atom. The van der Waals surface area contributed by atoms with Gasteiger partial charge in [0, 0.05) is 17.8 Å². The highest BCUT2D eigenvalue weighted by Gasteiger charge is 2.56. The molecule has 0 unspecified atom stereocenters. The van der Waals surface area contributed by atoms with Crippen LogP contribution in [-0.4, -0.2) is 48.5 Å². The first-order valence-corrected chi connectivity index (χ1v) is 7.52. The molecule has 8 heteroatoms. The van der Waals surface area contributed by atoms with Crippen LogP contribution in [0.2, 0.25) is 0 Å². The summed E-state index contributed by atoms with van der Waals surface area (Å²) in [6.45, 7) is -0.280. The average molecular weight is 317 g/mol. The SMILES string of the molecule is O=C(O)C1=C(n2ccc3cccnc32)S[C@@H]2[C@@H](CO)C(=O)N12. The second kappa shape index (κ2) is 4.59. The zero-order valence-corrected chi connectivity index (χ0v) is 12.0. The van der Waals surface area contributed by atoms with Crippen molar-refractivity contribution >= 4 is 39.7 Å². The normalized spacial score (nSPS) is 23.9. The van der Waals surface area contributed by atoms with E-state index in [1.165, 1.54) is 16.7 Å². The number of nitrogens with zero attached hydrogens (tertiary/aromatic N) is 3. The molecule has 1 saturated heterocycles. The minimum absolute atomic E-state index is 0.0483. The molecule has 2 N–H and O–H groups in total. The van der Waals surface area contributed by atoms with Gasteiger partial charge in [-0.3, -0.25) is 14.3 Å². The smallest absolute Gasteiger partial charge is 0.355 e. The molecule has 4 rings (SSSR count). The van der Waals surface area contributed by atoms with Crippen molar-refractivity contribution in [1.82, 2.24) is 14.5 Å². The molecule has 0 saturated carbocycles. The van der Waals surface area contributed by atoms with E-state index in [1.807, 2.05) is 12.1 Å². The van der Waals surface area contributed by atoms with Crippen LogP contribution in [0.25, 0.3) is 16.1 Å². The van der Waals surface area contributed by atoms with Crippen LogP contribution in [-0.2, 0) is 9.59 Å². The fraction of sp³-hybridized carbons (Fsp3) is 0.214. The van der Waals surface area contributed by atoms with Crippen molar-refractivity contribution in [2.24, 2.45) is 5.92 Å². The summed E-state index contributed by atoms with van der Waals surface area (Å²) in [5.74, 6) is -2.06. The maximum atomic E-state index is 12.0. The summed E-state index contributed by atoms with van der Waals surface area (Å²) >= 11 is 1.27. The molecule has 0 aliphatic carbocycles. The van der Waals surface area contributed by atoms with Crippen molar-refractivity contribution < 1.29 is 19.8 Å². The minimum atomic E-state index is -1.16. The standard InChI is InChI=1S/C14H11N3O4S/c18-6-8-11(19)17-9(14(20)21)13(22-12(8)17)16-5-3-7-2-1-4-15-10(7)16/h1-5,8,12,18H,6H2,(H,20,21)/t8-,12+/m0/s1.